The number of aryl methyl sites for hydroxylation is 4. The van der Waals surface area contributed by atoms with Gasteiger partial charge in [-0.05, 0) is 81.2 Å². The van der Waals surface area contributed by atoms with Gasteiger partial charge in [0.2, 0.25) is 0 Å². The van der Waals surface area contributed by atoms with Gasteiger partial charge >= 0.3 is 0 Å². The highest BCUT2D eigenvalue weighted by atomic mass is 32.1. The molecule has 0 unspecified atom stereocenters. The second kappa shape index (κ2) is 12.4. The molecule has 0 saturated heterocycles. The summed E-state index contributed by atoms with van der Waals surface area (Å²) in [5.74, 6) is 0. The lowest BCUT2D eigenvalue weighted by molar-refractivity contribution is 1.01. The Labute approximate surface area is 377 Å². The normalized spacial score (nSPS) is 12.6. The zero-order valence-electron chi connectivity index (χ0n) is 36.4. The molecule has 0 bridgehead atoms. The average Bonchev–Trinajstić information content (AvgIpc) is 4.15. The van der Waals surface area contributed by atoms with Crippen LogP contribution < -0.4 is 0 Å². The van der Waals surface area contributed by atoms with E-state index < -0.39 is 0 Å². The van der Waals surface area contributed by atoms with Crippen molar-refractivity contribution in [1.29, 1.82) is 0 Å². The molecule has 15 aromatic rings. The molecule has 0 saturated carbocycles. The minimum absolute atomic E-state index is 1.25. The Balaban J connectivity index is 0.802. The van der Waals surface area contributed by atoms with Crippen molar-refractivity contribution in [3.63, 3.8) is 0 Å². The highest BCUT2D eigenvalue weighted by Crippen LogP contribution is 2.44. The number of aromatic nitrogens is 4. The molecule has 65 heavy (non-hydrogen) atoms. The van der Waals surface area contributed by atoms with Crippen molar-refractivity contribution >= 4 is 142 Å². The molecule has 5 heteroatoms. The van der Waals surface area contributed by atoms with Crippen LogP contribution in [0, 0.1) is 0 Å². The van der Waals surface area contributed by atoms with Crippen LogP contribution in [0.15, 0.2) is 170 Å². The van der Waals surface area contributed by atoms with Crippen LogP contribution in [-0.4, -0.2) is 18.3 Å². The van der Waals surface area contributed by atoms with E-state index in [0.29, 0.717) is 0 Å². The molecule has 15 rings (SSSR count). The number of benzene rings is 10. The Kier molecular flexibility index (Phi) is 6.81. The second-order valence-electron chi connectivity index (χ2n) is 18.3. The van der Waals surface area contributed by atoms with E-state index in [9.17, 15) is 0 Å². The summed E-state index contributed by atoms with van der Waals surface area (Å²) in [6, 6.07) is 64.2. The van der Waals surface area contributed by atoms with Crippen LogP contribution in [-0.2, 0) is 28.2 Å². The van der Waals surface area contributed by atoms with Gasteiger partial charge in [0.05, 0.1) is 22.1 Å². The SMILES string of the molecule is Cn1c2cc3c4ccc5cc(-c6ccc(-c7ccc8c(ccc9c%10cc%11c(cc%10n(C)c89)c8ccc9ccccc9c8n%11C)c7)s6)ccc5c4n(C)c3cc2c2ccc3ccccc3c21. The standard InChI is InChI=1S/C60H40N4S/c1-61-51-31-49-45-23-15-35-27-37(17-19-41(35)59(45)63(3)53(49)29-47(51)43-21-13-33-9-5-7-11-39(33)57(43)61)55-25-26-56(65-55)38-18-20-42-36(28-38)16-24-46-50-32-52-48(30-54(50)64(4)60(42)46)44-22-14-34-10-6-8-12-40(34)58(44)62(52)2/h5-32H,1-4H3. The summed E-state index contributed by atoms with van der Waals surface area (Å²) in [5.41, 5.74) is 12.7. The highest BCUT2D eigenvalue weighted by molar-refractivity contribution is 7.18. The lowest BCUT2D eigenvalue weighted by Crippen LogP contribution is -1.89. The molecular formula is C60H40N4S. The smallest absolute Gasteiger partial charge is 0.0568 e. The molecule has 0 fully saturated rings. The van der Waals surface area contributed by atoms with Gasteiger partial charge in [0.25, 0.3) is 0 Å². The summed E-state index contributed by atoms with van der Waals surface area (Å²) in [4.78, 5) is 2.56. The monoisotopic (exact) mass is 848 g/mol. The van der Waals surface area contributed by atoms with Crippen LogP contribution >= 0.6 is 11.3 Å². The van der Waals surface area contributed by atoms with Crippen molar-refractivity contribution in [3.8, 4) is 20.9 Å². The van der Waals surface area contributed by atoms with Gasteiger partial charge in [0.15, 0.2) is 0 Å². The Morgan fingerprint density at radius 3 is 0.938 bits per heavy atom. The van der Waals surface area contributed by atoms with E-state index in [0.717, 1.165) is 0 Å². The summed E-state index contributed by atoms with van der Waals surface area (Å²) in [7, 11) is 8.89. The fourth-order valence-corrected chi connectivity index (χ4v) is 13.0. The van der Waals surface area contributed by atoms with E-state index in [-0.39, 0.29) is 0 Å². The Hall–Kier alpha value is -7.86. The molecular weight excluding hydrogens is 809 g/mol. The summed E-state index contributed by atoms with van der Waals surface area (Å²) in [6.45, 7) is 0. The average molecular weight is 849 g/mol. The van der Waals surface area contributed by atoms with Gasteiger partial charge in [0.1, 0.15) is 0 Å². The first-order valence-electron chi connectivity index (χ1n) is 22.5. The molecule has 10 aromatic carbocycles. The minimum atomic E-state index is 1.25. The second-order valence-corrected chi connectivity index (χ2v) is 19.4. The zero-order valence-corrected chi connectivity index (χ0v) is 37.2. The molecule has 0 aliphatic carbocycles. The summed E-state index contributed by atoms with van der Waals surface area (Å²) in [5, 5.41) is 20.7. The number of hydrogen-bond donors (Lipinski definition) is 0. The van der Waals surface area contributed by atoms with Crippen LogP contribution in [0.25, 0.3) is 151 Å². The molecule has 5 aromatic heterocycles. The number of hydrogen-bond acceptors (Lipinski definition) is 1. The fraction of sp³-hybridized carbons (Fsp3) is 0.0667. The van der Waals surface area contributed by atoms with Gasteiger partial charge in [-0.3, -0.25) is 0 Å². The van der Waals surface area contributed by atoms with Crippen LogP contribution in [0.5, 0.6) is 0 Å². The van der Waals surface area contributed by atoms with Gasteiger partial charge in [-0.15, -0.1) is 11.3 Å². The first kappa shape index (κ1) is 35.6. The molecule has 0 aliphatic rings. The lowest BCUT2D eigenvalue weighted by Gasteiger charge is -2.07. The maximum absolute atomic E-state index is 2.41. The zero-order chi connectivity index (χ0) is 43.0. The molecule has 0 aliphatic heterocycles. The van der Waals surface area contributed by atoms with Crippen molar-refractivity contribution in [2.75, 3.05) is 0 Å². The third kappa shape index (κ3) is 4.60. The van der Waals surface area contributed by atoms with Crippen LogP contribution in [0.2, 0.25) is 0 Å². The third-order valence-corrected chi connectivity index (χ3v) is 16.3. The third-order valence-electron chi connectivity index (χ3n) is 15.1. The number of rotatable bonds is 2. The first-order chi connectivity index (χ1) is 31.9. The van der Waals surface area contributed by atoms with Crippen LogP contribution in [0.1, 0.15) is 0 Å². The van der Waals surface area contributed by atoms with Gasteiger partial charge in [-0.1, -0.05) is 121 Å². The largest absolute Gasteiger partial charge is 0.343 e. The van der Waals surface area contributed by atoms with Crippen molar-refractivity contribution in [2.24, 2.45) is 28.2 Å². The van der Waals surface area contributed by atoms with E-state index in [2.05, 4.69) is 216 Å². The Bertz CT molecular complexity index is 4340. The van der Waals surface area contributed by atoms with E-state index in [1.807, 2.05) is 11.3 Å². The van der Waals surface area contributed by atoms with Crippen LogP contribution in [0.4, 0.5) is 0 Å². The highest BCUT2D eigenvalue weighted by Gasteiger charge is 2.20. The van der Waals surface area contributed by atoms with E-state index in [1.165, 1.54) is 151 Å². The maximum atomic E-state index is 2.41. The molecule has 0 radical (unpaired) electrons. The fourth-order valence-electron chi connectivity index (χ4n) is 12.0. The molecule has 0 spiro atoms. The minimum Gasteiger partial charge on any atom is -0.343 e. The van der Waals surface area contributed by atoms with Crippen molar-refractivity contribution in [2.45, 2.75) is 0 Å². The maximum Gasteiger partial charge on any atom is 0.0568 e. The summed E-state index contributed by atoms with van der Waals surface area (Å²) >= 11 is 1.87. The van der Waals surface area contributed by atoms with Crippen molar-refractivity contribution in [3.05, 3.63) is 170 Å². The Morgan fingerprint density at radius 2 is 0.569 bits per heavy atom. The quantitative estimate of drug-likeness (QED) is 0.165. The summed E-state index contributed by atoms with van der Waals surface area (Å²) in [6.07, 6.45) is 0. The molecule has 0 amide bonds. The Morgan fingerprint density at radius 1 is 0.262 bits per heavy atom. The van der Waals surface area contributed by atoms with E-state index >= 15 is 0 Å². The molecule has 0 atom stereocenters. The first-order valence-corrected chi connectivity index (χ1v) is 23.3. The predicted octanol–water partition coefficient (Wildman–Crippen LogP) is 16.3. The summed E-state index contributed by atoms with van der Waals surface area (Å²) < 4.78 is 9.59. The van der Waals surface area contributed by atoms with Gasteiger partial charge in [-0.2, -0.15) is 0 Å². The van der Waals surface area contributed by atoms with Crippen LogP contribution in [0.3, 0.4) is 0 Å². The van der Waals surface area contributed by atoms with Crippen molar-refractivity contribution < 1.29 is 0 Å². The predicted molar refractivity (Wildman–Crippen MR) is 281 cm³/mol. The number of thiophene rings is 1. The molecule has 5 heterocycles. The number of fused-ring (bicyclic) bond motifs is 20. The lowest BCUT2D eigenvalue weighted by atomic mass is 10.0. The topological polar surface area (TPSA) is 19.7 Å². The van der Waals surface area contributed by atoms with Gasteiger partial charge in [0, 0.05) is 125 Å². The van der Waals surface area contributed by atoms with Gasteiger partial charge in [-0.25, -0.2) is 0 Å². The van der Waals surface area contributed by atoms with E-state index in [4.69, 9.17) is 0 Å². The molecule has 4 nitrogen and oxygen atoms in total. The molecule has 0 N–H and O–H groups in total. The van der Waals surface area contributed by atoms with Gasteiger partial charge < -0.3 is 18.3 Å². The molecule has 306 valence electrons. The van der Waals surface area contributed by atoms with Crippen molar-refractivity contribution in [1.82, 2.24) is 18.3 Å². The van der Waals surface area contributed by atoms with E-state index in [1.54, 1.807) is 0 Å². The number of nitrogens with zero attached hydrogens (tertiary/aromatic N) is 4.